The van der Waals surface area contributed by atoms with Crippen molar-refractivity contribution in [3.05, 3.63) is 173 Å². The zero-order valence-electron chi connectivity index (χ0n) is 60.8. The Morgan fingerprint density at radius 1 is 0.569 bits per heavy atom. The molecule has 8 aliphatic heterocycles. The van der Waals surface area contributed by atoms with Gasteiger partial charge in [0, 0.05) is 23.0 Å². The maximum Gasteiger partial charge on any atom is 0.330 e. The molecule has 36 nitrogen and oxygen atoms in total. The molecule has 0 radical (unpaired) electrons. The van der Waals surface area contributed by atoms with Crippen LogP contribution < -0.4 is 67.2 Å². The minimum atomic E-state index is -2.39. The summed E-state index contributed by atoms with van der Waals surface area (Å²) in [7, 11) is 0. The Bertz CT molecular complexity index is 5160. The number of aliphatic hydroxyl groups excluding tert-OH is 6. The van der Waals surface area contributed by atoms with Gasteiger partial charge in [-0.3, -0.25) is 43.2 Å². The lowest BCUT2D eigenvalue weighted by molar-refractivity contribution is -0.284. The first-order valence-electron chi connectivity index (χ1n) is 35.7. The van der Waals surface area contributed by atoms with Crippen LogP contribution >= 0.6 is 45.8 Å². The van der Waals surface area contributed by atoms with E-state index in [0.717, 1.165) is 68.4 Å². The Labute approximate surface area is 679 Å². The molecule has 0 spiro atoms. The molecular weight excluding hydrogens is 1680 g/mol. The second kappa shape index (κ2) is 34.0. The van der Waals surface area contributed by atoms with Crippen molar-refractivity contribution in [3.8, 4) is 68.6 Å². The highest BCUT2D eigenvalue weighted by atomic mass is 127. The summed E-state index contributed by atoms with van der Waals surface area (Å²) < 4.78 is 45.4. The van der Waals surface area contributed by atoms with E-state index in [-0.39, 0.29) is 72.3 Å². The summed E-state index contributed by atoms with van der Waals surface area (Å²) in [4.78, 5) is 148. The van der Waals surface area contributed by atoms with Gasteiger partial charge in [-0.15, -0.1) is 0 Å². The van der Waals surface area contributed by atoms with Crippen molar-refractivity contribution in [2.45, 2.75) is 143 Å². The fraction of sp³-hybridized carbons (Fsp3) is 0.325. The van der Waals surface area contributed by atoms with Gasteiger partial charge < -0.3 is 132 Å². The maximum absolute atomic E-state index is 16.7. The number of halogens is 3. The molecule has 39 heteroatoms. The van der Waals surface area contributed by atoms with Crippen molar-refractivity contribution in [3.63, 3.8) is 0 Å². The molecule has 8 heterocycles. The van der Waals surface area contributed by atoms with Gasteiger partial charge in [0.15, 0.2) is 35.3 Å². The number of Topliss-reactive ketones (excluding diaryl/α,β-unsaturated/α-hetero) is 1. The number of amides is 8. The van der Waals surface area contributed by atoms with Crippen LogP contribution in [0.4, 0.5) is 0 Å². The van der Waals surface area contributed by atoms with E-state index in [0.29, 0.717) is 3.57 Å². The topological polar surface area (TPSA) is 560 Å². The quantitative estimate of drug-likeness (QED) is 0.0651. The predicted molar refractivity (Wildman–Crippen MR) is 407 cm³/mol. The number of phenolic OH excluding ortho intramolecular Hbond substituents is 3. The summed E-state index contributed by atoms with van der Waals surface area (Å²) in [6, 6.07) is 4.56. The number of carboxylic acids is 1. The van der Waals surface area contributed by atoms with Crippen LogP contribution in [-0.2, 0) is 68.6 Å². The number of carboxylic acid groups (broad SMARTS) is 1. The summed E-state index contributed by atoms with van der Waals surface area (Å²) in [5.74, 6) is -17.1. The third-order valence-corrected chi connectivity index (χ3v) is 21.5. The highest BCUT2D eigenvalue weighted by Crippen LogP contribution is 2.50. The van der Waals surface area contributed by atoms with Crippen LogP contribution in [0.25, 0.3) is 11.1 Å². The lowest BCUT2D eigenvalue weighted by Crippen LogP contribution is -2.65. The summed E-state index contributed by atoms with van der Waals surface area (Å²) in [5, 5.41) is 132. The van der Waals surface area contributed by atoms with Crippen LogP contribution in [0.15, 0.2) is 115 Å². The number of aryl methyl sites for hydroxylation is 1. The summed E-state index contributed by atoms with van der Waals surface area (Å²) in [6.45, 7) is 1.56. The van der Waals surface area contributed by atoms with Gasteiger partial charge in [0.2, 0.25) is 59.3 Å². The van der Waals surface area contributed by atoms with Gasteiger partial charge in [0.25, 0.3) is 0 Å². The third-order valence-electron chi connectivity index (χ3n) is 20.0. The highest BCUT2D eigenvalue weighted by Gasteiger charge is 2.51. The smallest absolute Gasteiger partial charge is 0.330 e. The van der Waals surface area contributed by atoms with Crippen molar-refractivity contribution < 1.29 is 132 Å². The van der Waals surface area contributed by atoms with E-state index in [1.165, 1.54) is 67.6 Å². The Hall–Kier alpha value is -11.1. The predicted octanol–water partition coefficient (Wildman–Crippen LogP) is 2.03. The molecule has 610 valence electrons. The van der Waals surface area contributed by atoms with Gasteiger partial charge in [-0.05, 0) is 177 Å². The third kappa shape index (κ3) is 17.3. The molecular formula is C77H74Cl2IN9O27. The van der Waals surface area contributed by atoms with Crippen molar-refractivity contribution >= 4 is 105 Å². The number of fused-ring (bicyclic) bond motifs is 14. The van der Waals surface area contributed by atoms with Crippen LogP contribution in [0.2, 0.25) is 10.0 Å². The average molecular weight is 1760 g/mol. The molecule has 116 heavy (non-hydrogen) atoms. The Kier molecular flexibility index (Phi) is 24.3. The Morgan fingerprint density at radius 3 is 1.76 bits per heavy atom. The zero-order valence-corrected chi connectivity index (χ0v) is 64.5. The van der Waals surface area contributed by atoms with Crippen molar-refractivity contribution in [1.29, 1.82) is 0 Å². The SMILES string of the molecule is CC(=O)CC(=O)NC1[C@H](Oc2c3cc4cc2Oc2ccc(cc2Cl)[C@@H](O[C@@H]2OC(CO)[C@@H](O)C(O)C2NC(C)=O)[C@@H]2NC(=O)[C@H](NC(=O)[C@@H]4NC(=O)[C@H]4NC(=O)[C@@H](Cc5ccc(c(Cl)c5)O3)NC(=O)[C@H](N)c3ccc(O)c(c3)Oc3cc(O)cc4c3)c3ccc(I)c(c3)-c3c(C)cc(O)cc3[C@@H](C(=O)O)NC2=O)OC(CO)[C@@H](O)[C@@H]1O. The number of rotatable bonds is 11. The number of nitrogens with one attached hydrogen (secondary N) is 8. The van der Waals surface area contributed by atoms with Gasteiger partial charge >= 0.3 is 5.97 Å². The van der Waals surface area contributed by atoms with E-state index in [2.05, 4.69) is 42.5 Å². The lowest BCUT2D eigenvalue weighted by atomic mass is 9.88. The van der Waals surface area contributed by atoms with E-state index in [4.69, 9.17) is 62.1 Å². The highest BCUT2D eigenvalue weighted by molar-refractivity contribution is 14.1. The fourth-order valence-electron chi connectivity index (χ4n) is 14.3. The minimum absolute atomic E-state index is 0.0569. The number of hydrogen-bond acceptors (Lipinski definition) is 27. The van der Waals surface area contributed by atoms with E-state index in [9.17, 15) is 75.0 Å². The number of aromatic hydroxyl groups is 3. The molecule has 17 bridgehead atoms. The first kappa shape index (κ1) is 82.9. The number of phenols is 3. The normalized spacial score (nSPS) is 27.2. The van der Waals surface area contributed by atoms with Crippen LogP contribution in [0, 0.1) is 10.5 Å². The molecule has 5 unspecified atom stereocenters. The number of aliphatic carboxylic acids is 1. The molecule has 8 amide bonds. The molecule has 0 saturated carbocycles. The van der Waals surface area contributed by atoms with Crippen LogP contribution in [0.1, 0.15) is 101 Å². The second-order valence-electron chi connectivity index (χ2n) is 28.2. The maximum atomic E-state index is 16.7. The summed E-state index contributed by atoms with van der Waals surface area (Å²) in [6.07, 6.45) is -19.2. The van der Waals surface area contributed by atoms with Crippen molar-refractivity contribution in [2.24, 2.45) is 5.73 Å². The first-order chi connectivity index (χ1) is 55.1. The number of carbonyl (C=O) groups excluding carboxylic acids is 9. The van der Waals surface area contributed by atoms with Crippen molar-refractivity contribution in [2.75, 3.05) is 13.2 Å². The largest absolute Gasteiger partial charge is 0.508 e. The molecule has 18 atom stereocenters. The minimum Gasteiger partial charge on any atom is -0.508 e. The first-order valence-corrected chi connectivity index (χ1v) is 37.5. The van der Waals surface area contributed by atoms with Crippen molar-refractivity contribution in [1.82, 2.24) is 42.5 Å². The van der Waals surface area contributed by atoms with Crippen LogP contribution in [0.5, 0.6) is 57.5 Å². The lowest BCUT2D eigenvalue weighted by Gasteiger charge is -2.44. The molecule has 7 aromatic rings. The fourth-order valence-corrected chi connectivity index (χ4v) is 15.4. The number of aliphatic hydroxyl groups is 6. The monoisotopic (exact) mass is 1750 g/mol. The van der Waals surface area contributed by atoms with Crippen LogP contribution in [-0.4, -0.2) is 197 Å². The number of benzene rings is 7. The second-order valence-corrected chi connectivity index (χ2v) is 30.2. The van der Waals surface area contributed by atoms with Gasteiger partial charge in [-0.2, -0.15) is 0 Å². The number of ether oxygens (including phenoxy) is 7. The molecule has 7 aromatic carbocycles. The molecule has 20 N–H and O–H groups in total. The molecule has 8 aliphatic rings. The average Bonchev–Trinajstić information content (AvgIpc) is 0.765. The molecule has 2 fully saturated rings. The van der Waals surface area contributed by atoms with Gasteiger partial charge in [0.05, 0.1) is 29.7 Å². The number of carbonyl (C=O) groups is 10. The summed E-state index contributed by atoms with van der Waals surface area (Å²) >= 11 is 16.5. The van der Waals surface area contributed by atoms with E-state index >= 15 is 24.0 Å². The number of nitrogens with two attached hydrogens (primary N) is 1. The molecule has 2 saturated heterocycles. The van der Waals surface area contributed by atoms with E-state index < -0.39 is 246 Å². The summed E-state index contributed by atoms with van der Waals surface area (Å²) in [5.41, 5.74) is 5.63. The number of ketones is 1. The van der Waals surface area contributed by atoms with Gasteiger partial charge in [0.1, 0.15) is 126 Å². The number of hydrogen-bond donors (Lipinski definition) is 19. The van der Waals surface area contributed by atoms with Crippen LogP contribution in [0.3, 0.4) is 0 Å². The van der Waals surface area contributed by atoms with E-state index in [1.807, 2.05) is 22.6 Å². The zero-order chi connectivity index (χ0) is 83.3. The van der Waals surface area contributed by atoms with E-state index in [1.54, 1.807) is 0 Å². The molecule has 15 rings (SSSR count). The standard InChI is InChI=1S/C77H74Cl2IN9O27/c1-27-12-36(94)24-40-54(27)39-18-32(5-8-43(39)80)56-71(104)89-62(74(107)88-59(40)75(108)109)67(115-76-60(82-29(3)93)65(100)63(98)51(25-90)113-76)33-7-11-47(42(79)19-33)112-50-22-35-21-49(68(50)116-77-61(84-53(97)13-28(2)92)66(101)64(99)52(26-91)114-77)111-46-10-4-30(14-41(46)78)15-44-69(102)85-57(72(105)87-58(35)73(106)86-56)34-16-37(95)23-38(17-34)110-48-20-31(6-9-45(48)96)55(81)70(103)83-44/h4-12,14,16-24,44,51-52,55-67,76-77,90-91,94-96,98-101H,13,15,25-26,81H2,1-3H3,(H,82,93)(H,83,103)(H,84,97)(H,85,102)(H,86,106)(H,87,105)(H,88,107)(H,89,104)(H,108,109)/t44-,51?,52?,55-,56-,57+,58-,59+,60?,61?,62+,63-,64-,65?,66-,67-,76+,77+/m1/s1. The Balaban J connectivity index is 1.10. The van der Waals surface area contributed by atoms with Gasteiger partial charge in [-0.25, -0.2) is 4.79 Å². The molecule has 0 aliphatic carbocycles. The Morgan fingerprint density at radius 2 is 1.14 bits per heavy atom. The molecule has 0 aromatic heterocycles. The van der Waals surface area contributed by atoms with Gasteiger partial charge in [-0.1, -0.05) is 47.5 Å².